The topological polar surface area (TPSA) is 257 Å². The monoisotopic (exact) mass is 961 g/mol. The van der Waals surface area contributed by atoms with Crippen LogP contribution in [0.5, 0.6) is 5.75 Å². The van der Waals surface area contributed by atoms with Gasteiger partial charge in [-0.15, -0.1) is 0 Å². The Morgan fingerprint density at radius 2 is 1.54 bits per heavy atom. The summed E-state index contributed by atoms with van der Waals surface area (Å²) in [5.74, 6) is -3.35. The third-order valence-corrected chi connectivity index (χ3v) is 13.7. The minimum atomic E-state index is -4.17. The molecule has 19 heteroatoms. The first-order valence-corrected chi connectivity index (χ1v) is 24.4. The summed E-state index contributed by atoms with van der Waals surface area (Å²) in [5, 5.41) is 17.8. The number of ether oxygens (including phenoxy) is 3. The SMILES string of the molecule is COc1cc(C)c(S(=O)(=O)NC(N)=NCCC[C@H](NC(=O)OCC2c3ccccc3-c3ccccc32)C(=O)N[C@H](COC(C)(C)C)C(=O)N2CCC[C@H]2C(=O)N[C@H](CC(C)C)C(=O)O)c(C)c1C. The molecule has 4 amide bonds. The Bertz CT molecular complexity index is 2440. The van der Waals surface area contributed by atoms with Crippen molar-refractivity contribution in [2.45, 2.75) is 128 Å². The normalized spacial score (nSPS) is 16.3. The lowest BCUT2D eigenvalue weighted by atomic mass is 9.98. The van der Waals surface area contributed by atoms with Gasteiger partial charge < -0.3 is 45.9 Å². The molecule has 3 aromatic carbocycles. The number of hydrogen-bond donors (Lipinski definition) is 6. The summed E-state index contributed by atoms with van der Waals surface area (Å²) in [6, 6.07) is 12.5. The molecule has 0 aromatic heterocycles. The number of carbonyl (C=O) groups is 5. The molecule has 4 atom stereocenters. The molecule has 0 bridgehead atoms. The molecule has 1 heterocycles. The van der Waals surface area contributed by atoms with E-state index in [0.29, 0.717) is 28.9 Å². The zero-order chi connectivity index (χ0) is 50.1. The van der Waals surface area contributed by atoms with Gasteiger partial charge in [0.05, 0.1) is 24.2 Å². The maximum atomic E-state index is 14.4. The zero-order valence-electron chi connectivity index (χ0n) is 40.4. The van der Waals surface area contributed by atoms with E-state index in [2.05, 4.69) is 25.7 Å². The lowest BCUT2D eigenvalue weighted by molar-refractivity contribution is -0.146. The predicted molar refractivity (Wildman–Crippen MR) is 257 cm³/mol. The molecule has 68 heavy (non-hydrogen) atoms. The molecule has 370 valence electrons. The van der Waals surface area contributed by atoms with Crippen molar-refractivity contribution in [2.75, 3.05) is 33.4 Å². The van der Waals surface area contributed by atoms with Crippen LogP contribution in [0.1, 0.15) is 100 Å². The Labute approximate surface area is 399 Å². The third kappa shape index (κ3) is 13.3. The van der Waals surface area contributed by atoms with Gasteiger partial charge in [-0.2, -0.15) is 0 Å². The molecule has 0 radical (unpaired) electrons. The van der Waals surface area contributed by atoms with Gasteiger partial charge in [0.1, 0.15) is 36.5 Å². The fourth-order valence-corrected chi connectivity index (χ4v) is 10.1. The minimum absolute atomic E-state index is 0.0260. The molecule has 1 fully saturated rings. The number of nitrogens with one attached hydrogen (secondary N) is 4. The highest BCUT2D eigenvalue weighted by atomic mass is 32.2. The van der Waals surface area contributed by atoms with Crippen molar-refractivity contribution in [3.05, 3.63) is 82.4 Å². The lowest BCUT2D eigenvalue weighted by Crippen LogP contribution is -2.59. The van der Waals surface area contributed by atoms with Crippen LogP contribution in [0.4, 0.5) is 4.79 Å². The average Bonchev–Trinajstić information content (AvgIpc) is 3.89. The third-order valence-electron chi connectivity index (χ3n) is 12.0. The average molecular weight is 962 g/mol. The second kappa shape index (κ2) is 22.7. The van der Waals surface area contributed by atoms with Crippen LogP contribution in [0.2, 0.25) is 0 Å². The fourth-order valence-electron chi connectivity index (χ4n) is 8.66. The number of methoxy groups -OCH3 is 1. The first-order valence-electron chi connectivity index (χ1n) is 22.9. The van der Waals surface area contributed by atoms with E-state index in [-0.39, 0.29) is 68.7 Å². The van der Waals surface area contributed by atoms with Crippen LogP contribution >= 0.6 is 0 Å². The van der Waals surface area contributed by atoms with Gasteiger partial charge in [-0.25, -0.2) is 22.7 Å². The number of guanidine groups is 1. The molecule has 0 saturated carbocycles. The Morgan fingerprint density at radius 3 is 2.13 bits per heavy atom. The summed E-state index contributed by atoms with van der Waals surface area (Å²) in [4.78, 5) is 73.5. The Morgan fingerprint density at radius 1 is 0.912 bits per heavy atom. The molecular weight excluding hydrogens is 895 g/mol. The van der Waals surface area contributed by atoms with Crippen LogP contribution < -0.4 is 31.1 Å². The van der Waals surface area contributed by atoms with Gasteiger partial charge in [-0.1, -0.05) is 62.4 Å². The molecule has 5 rings (SSSR count). The van der Waals surface area contributed by atoms with Gasteiger partial charge in [0, 0.05) is 19.0 Å². The zero-order valence-corrected chi connectivity index (χ0v) is 41.3. The summed E-state index contributed by atoms with van der Waals surface area (Å²) in [6.07, 6.45) is 0.0688. The number of aliphatic imine (C=N–C) groups is 1. The van der Waals surface area contributed by atoms with Crippen molar-refractivity contribution in [1.82, 2.24) is 25.6 Å². The van der Waals surface area contributed by atoms with Crippen molar-refractivity contribution >= 4 is 45.8 Å². The number of benzene rings is 3. The largest absolute Gasteiger partial charge is 0.496 e. The highest BCUT2D eigenvalue weighted by Crippen LogP contribution is 2.44. The van der Waals surface area contributed by atoms with Gasteiger partial charge in [-0.3, -0.25) is 19.4 Å². The maximum Gasteiger partial charge on any atom is 0.407 e. The summed E-state index contributed by atoms with van der Waals surface area (Å²) < 4.78 is 46.5. The summed E-state index contributed by atoms with van der Waals surface area (Å²) >= 11 is 0. The van der Waals surface area contributed by atoms with Crippen LogP contribution in [0.25, 0.3) is 11.1 Å². The van der Waals surface area contributed by atoms with E-state index < -0.39 is 75.5 Å². The number of carbonyl (C=O) groups excluding carboxylic acids is 4. The van der Waals surface area contributed by atoms with Gasteiger partial charge in [0.15, 0.2) is 0 Å². The highest BCUT2D eigenvalue weighted by Gasteiger charge is 2.40. The van der Waals surface area contributed by atoms with Crippen molar-refractivity contribution in [1.29, 1.82) is 0 Å². The quantitative estimate of drug-likeness (QED) is 0.0507. The van der Waals surface area contributed by atoms with Crippen LogP contribution in [-0.4, -0.2) is 117 Å². The van der Waals surface area contributed by atoms with E-state index in [9.17, 15) is 37.5 Å². The number of nitrogens with zero attached hydrogens (tertiary/aromatic N) is 2. The molecule has 1 saturated heterocycles. The molecule has 0 spiro atoms. The number of aliphatic carboxylic acids is 1. The molecule has 1 aliphatic carbocycles. The van der Waals surface area contributed by atoms with E-state index in [1.54, 1.807) is 47.6 Å². The number of amides is 4. The summed E-state index contributed by atoms with van der Waals surface area (Å²) in [6.45, 7) is 13.8. The molecule has 1 aliphatic heterocycles. The first-order chi connectivity index (χ1) is 32.0. The second-order valence-electron chi connectivity index (χ2n) is 18.7. The Hall–Kier alpha value is -6.21. The predicted octanol–water partition coefficient (Wildman–Crippen LogP) is 4.81. The van der Waals surface area contributed by atoms with Crippen molar-refractivity contribution < 1.29 is 51.7 Å². The summed E-state index contributed by atoms with van der Waals surface area (Å²) in [5.41, 5.74) is 11.0. The van der Waals surface area contributed by atoms with Crippen LogP contribution in [-0.2, 0) is 38.7 Å². The number of carboxylic acids is 1. The van der Waals surface area contributed by atoms with E-state index in [1.807, 2.05) is 62.4 Å². The standard InChI is InChI=1S/C49H67N7O11S/c1-28(2)24-38(46(60)61)52-44(58)40-21-15-23-56(40)45(59)39(27-67-49(6,7)8)53-43(57)37(54-48(62)66-26-36-34-18-12-10-16-32(34)33-17-11-13-19-35(33)36)20-14-22-51-47(50)55-68(63,64)42-29(3)25-41(65-9)30(4)31(42)5/h10-13,16-19,25,28,36-40H,14-15,20-24,26-27H2,1-9H3,(H,52,58)(H,53,57)(H,54,62)(H,60,61)(H3,50,51,55)/t37-,38+,39+,40-/m0/s1. The van der Waals surface area contributed by atoms with Crippen LogP contribution in [0, 0.1) is 26.7 Å². The van der Waals surface area contributed by atoms with Gasteiger partial charge in [-0.05, 0) is 125 Å². The van der Waals surface area contributed by atoms with Gasteiger partial charge in [0.25, 0.3) is 10.0 Å². The van der Waals surface area contributed by atoms with E-state index in [1.165, 1.54) is 12.0 Å². The second-order valence-corrected chi connectivity index (χ2v) is 20.3. The number of likely N-dealkylation sites (tertiary alicyclic amines) is 1. The summed E-state index contributed by atoms with van der Waals surface area (Å²) in [7, 11) is -2.67. The van der Waals surface area contributed by atoms with Crippen LogP contribution in [0.3, 0.4) is 0 Å². The van der Waals surface area contributed by atoms with Crippen molar-refractivity contribution in [3.63, 3.8) is 0 Å². The number of rotatable bonds is 20. The minimum Gasteiger partial charge on any atom is -0.496 e. The van der Waals surface area contributed by atoms with E-state index in [0.717, 1.165) is 22.3 Å². The number of hydrogen-bond acceptors (Lipinski definition) is 11. The first kappa shape index (κ1) is 52.8. The fraction of sp³-hybridized carbons (Fsp3) is 0.510. The highest BCUT2D eigenvalue weighted by molar-refractivity contribution is 7.90. The number of alkyl carbamates (subject to hydrolysis) is 1. The lowest BCUT2D eigenvalue weighted by Gasteiger charge is -2.32. The van der Waals surface area contributed by atoms with Gasteiger partial charge >= 0.3 is 12.1 Å². The number of aryl methyl sites for hydroxylation is 1. The van der Waals surface area contributed by atoms with Gasteiger partial charge in [0.2, 0.25) is 23.7 Å². The number of fused-ring (bicyclic) bond motifs is 3. The smallest absolute Gasteiger partial charge is 0.407 e. The molecule has 18 nitrogen and oxygen atoms in total. The molecule has 7 N–H and O–H groups in total. The van der Waals surface area contributed by atoms with E-state index >= 15 is 0 Å². The number of carboxylic acid groups (broad SMARTS) is 1. The molecule has 0 unspecified atom stereocenters. The molecule has 3 aromatic rings. The Balaban J connectivity index is 1.35. The Kier molecular flexibility index (Phi) is 17.6. The number of sulfonamides is 1. The molecule has 2 aliphatic rings. The number of nitrogens with two attached hydrogens (primary N) is 1. The van der Waals surface area contributed by atoms with Crippen LogP contribution in [0.15, 0.2) is 64.5 Å². The van der Waals surface area contributed by atoms with Crippen molar-refractivity contribution in [3.8, 4) is 16.9 Å². The van der Waals surface area contributed by atoms with E-state index in [4.69, 9.17) is 19.9 Å². The maximum absolute atomic E-state index is 14.4. The molecular formula is C49H67N7O11S. The van der Waals surface area contributed by atoms with Crippen molar-refractivity contribution in [2.24, 2.45) is 16.6 Å².